The number of rotatable bonds is 4. The molecule has 4 aromatic rings. The first-order chi connectivity index (χ1) is 13.8. The molecule has 1 N–H and O–H groups in total. The second-order valence-electron chi connectivity index (χ2n) is 6.08. The maximum Gasteiger partial charge on any atom is 0.257 e. The lowest BCUT2D eigenvalue weighted by Gasteiger charge is -2.05. The molecule has 0 fully saturated rings. The fourth-order valence-electron chi connectivity index (χ4n) is 2.89. The van der Waals surface area contributed by atoms with E-state index < -0.39 is 0 Å². The Morgan fingerprint density at radius 2 is 1.96 bits per heavy atom. The number of imidazole rings is 1. The lowest BCUT2D eigenvalue weighted by Crippen LogP contribution is -2.11. The lowest BCUT2D eigenvalue weighted by atomic mass is 10.1. The second-order valence-corrected chi connectivity index (χ2v) is 6.93. The molecule has 2 aromatic carbocycles. The molecule has 0 saturated carbocycles. The molecule has 2 aromatic heterocycles. The molecule has 3 heterocycles. The SMILES string of the molecule is O=C(Nc1nc(-c2ccc3c(c2)OCO3)cs1)c1ccc(-n2ccnc2)cc1. The molecule has 138 valence electrons. The van der Waals surface area contributed by atoms with Crippen LogP contribution in [0.1, 0.15) is 10.4 Å². The van der Waals surface area contributed by atoms with Crippen LogP contribution in [0.5, 0.6) is 11.5 Å². The van der Waals surface area contributed by atoms with Crippen LogP contribution in [0.3, 0.4) is 0 Å². The van der Waals surface area contributed by atoms with Crippen molar-refractivity contribution >= 4 is 22.4 Å². The molecule has 0 aliphatic carbocycles. The van der Waals surface area contributed by atoms with E-state index in [1.807, 2.05) is 46.5 Å². The fraction of sp³-hybridized carbons (Fsp3) is 0.0500. The number of carbonyl (C=O) groups is 1. The van der Waals surface area contributed by atoms with E-state index in [0.29, 0.717) is 16.4 Å². The monoisotopic (exact) mass is 390 g/mol. The van der Waals surface area contributed by atoms with Crippen LogP contribution in [-0.4, -0.2) is 27.2 Å². The van der Waals surface area contributed by atoms with Crippen LogP contribution in [0.4, 0.5) is 5.13 Å². The van der Waals surface area contributed by atoms with Crippen LogP contribution in [0.15, 0.2) is 66.6 Å². The van der Waals surface area contributed by atoms with Crippen molar-refractivity contribution in [3.63, 3.8) is 0 Å². The Labute approximate surface area is 164 Å². The van der Waals surface area contributed by atoms with Gasteiger partial charge >= 0.3 is 0 Å². The van der Waals surface area contributed by atoms with Gasteiger partial charge in [-0.2, -0.15) is 0 Å². The summed E-state index contributed by atoms with van der Waals surface area (Å²) >= 11 is 1.37. The highest BCUT2D eigenvalue weighted by Crippen LogP contribution is 2.36. The van der Waals surface area contributed by atoms with Gasteiger partial charge in [-0.25, -0.2) is 9.97 Å². The first-order valence-electron chi connectivity index (χ1n) is 8.51. The molecule has 0 saturated heterocycles. The number of carbonyl (C=O) groups excluding carboxylic acids is 1. The summed E-state index contributed by atoms with van der Waals surface area (Å²) in [6.07, 6.45) is 5.27. The minimum absolute atomic E-state index is 0.205. The van der Waals surface area contributed by atoms with Crippen LogP contribution in [0.25, 0.3) is 16.9 Å². The Morgan fingerprint density at radius 3 is 2.79 bits per heavy atom. The Kier molecular flexibility index (Phi) is 4.02. The van der Waals surface area contributed by atoms with E-state index in [4.69, 9.17) is 9.47 Å². The number of nitrogens with one attached hydrogen (secondary N) is 1. The molecule has 7 nitrogen and oxygen atoms in total. The highest BCUT2D eigenvalue weighted by Gasteiger charge is 2.16. The number of anilines is 1. The van der Waals surface area contributed by atoms with Crippen molar-refractivity contribution < 1.29 is 14.3 Å². The topological polar surface area (TPSA) is 78.3 Å². The van der Waals surface area contributed by atoms with Crippen LogP contribution in [0, 0.1) is 0 Å². The average Bonchev–Trinajstić information content (AvgIpc) is 3.48. The van der Waals surface area contributed by atoms with Gasteiger partial charge in [0.2, 0.25) is 6.79 Å². The number of fused-ring (bicyclic) bond motifs is 1. The molecule has 0 atom stereocenters. The molecule has 5 rings (SSSR count). The summed E-state index contributed by atoms with van der Waals surface area (Å²) in [6.45, 7) is 0.233. The van der Waals surface area contributed by atoms with Crippen LogP contribution >= 0.6 is 11.3 Å². The first-order valence-corrected chi connectivity index (χ1v) is 9.39. The van der Waals surface area contributed by atoms with Crippen molar-refractivity contribution in [2.75, 3.05) is 12.1 Å². The van der Waals surface area contributed by atoms with Gasteiger partial charge in [-0.1, -0.05) is 0 Å². The van der Waals surface area contributed by atoms with E-state index in [1.165, 1.54) is 11.3 Å². The Morgan fingerprint density at radius 1 is 1.11 bits per heavy atom. The normalized spacial score (nSPS) is 12.1. The smallest absolute Gasteiger partial charge is 0.257 e. The standard InChI is InChI=1S/C20H14N4O3S/c25-19(13-1-4-15(5-2-13)24-8-7-21-11-24)23-20-22-16(10-28-20)14-3-6-17-18(9-14)27-12-26-17/h1-11H,12H2,(H,22,23,25). The summed E-state index contributed by atoms with van der Waals surface area (Å²) in [4.78, 5) is 21.0. The Bertz CT molecular complexity index is 1140. The van der Waals surface area contributed by atoms with Gasteiger partial charge in [0.15, 0.2) is 16.6 Å². The van der Waals surface area contributed by atoms with Crippen molar-refractivity contribution in [1.82, 2.24) is 14.5 Å². The summed E-state index contributed by atoms with van der Waals surface area (Å²) < 4.78 is 12.6. The number of hydrogen-bond donors (Lipinski definition) is 1. The second kappa shape index (κ2) is 6.82. The summed E-state index contributed by atoms with van der Waals surface area (Å²) in [6, 6.07) is 13.0. The van der Waals surface area contributed by atoms with E-state index >= 15 is 0 Å². The molecule has 8 heteroatoms. The molecular weight excluding hydrogens is 376 g/mol. The Balaban J connectivity index is 1.31. The minimum atomic E-state index is -0.205. The number of thiazole rings is 1. The number of ether oxygens (including phenoxy) is 2. The zero-order valence-electron chi connectivity index (χ0n) is 14.5. The summed E-state index contributed by atoms with van der Waals surface area (Å²) in [7, 11) is 0. The van der Waals surface area contributed by atoms with E-state index in [9.17, 15) is 4.79 Å². The largest absolute Gasteiger partial charge is 0.454 e. The molecule has 28 heavy (non-hydrogen) atoms. The first kappa shape index (κ1) is 16.5. The molecule has 0 radical (unpaired) electrons. The highest BCUT2D eigenvalue weighted by molar-refractivity contribution is 7.14. The maximum absolute atomic E-state index is 12.5. The van der Waals surface area contributed by atoms with Gasteiger partial charge < -0.3 is 14.0 Å². The Hall–Kier alpha value is -3.65. The van der Waals surface area contributed by atoms with Crippen molar-refractivity contribution in [2.24, 2.45) is 0 Å². The van der Waals surface area contributed by atoms with Gasteiger partial charge in [0.25, 0.3) is 5.91 Å². The quantitative estimate of drug-likeness (QED) is 0.570. The fourth-order valence-corrected chi connectivity index (χ4v) is 3.60. The van der Waals surface area contributed by atoms with Crippen molar-refractivity contribution in [3.05, 3.63) is 72.1 Å². The number of hydrogen-bond acceptors (Lipinski definition) is 6. The zero-order valence-corrected chi connectivity index (χ0v) is 15.3. The van der Waals surface area contributed by atoms with E-state index in [-0.39, 0.29) is 12.7 Å². The summed E-state index contributed by atoms with van der Waals surface area (Å²) in [5, 5.41) is 5.28. The number of nitrogens with zero attached hydrogens (tertiary/aromatic N) is 3. The molecule has 0 bridgehead atoms. The van der Waals surface area contributed by atoms with Crippen molar-refractivity contribution in [2.45, 2.75) is 0 Å². The minimum Gasteiger partial charge on any atom is -0.454 e. The van der Waals surface area contributed by atoms with Gasteiger partial charge in [0.1, 0.15) is 0 Å². The van der Waals surface area contributed by atoms with Crippen LogP contribution < -0.4 is 14.8 Å². The number of aromatic nitrogens is 3. The molecular formula is C20H14N4O3S. The zero-order chi connectivity index (χ0) is 18.9. The highest BCUT2D eigenvalue weighted by atomic mass is 32.1. The summed E-state index contributed by atoms with van der Waals surface area (Å²) in [5.41, 5.74) is 3.18. The molecule has 1 amide bonds. The van der Waals surface area contributed by atoms with Crippen molar-refractivity contribution in [1.29, 1.82) is 0 Å². The van der Waals surface area contributed by atoms with E-state index in [2.05, 4.69) is 15.3 Å². The lowest BCUT2D eigenvalue weighted by molar-refractivity contribution is 0.102. The third-order valence-electron chi connectivity index (χ3n) is 4.33. The third-order valence-corrected chi connectivity index (χ3v) is 5.08. The summed E-state index contributed by atoms with van der Waals surface area (Å²) in [5.74, 6) is 1.23. The van der Waals surface area contributed by atoms with E-state index in [1.54, 1.807) is 24.7 Å². The van der Waals surface area contributed by atoms with Gasteiger partial charge in [-0.05, 0) is 42.5 Å². The maximum atomic E-state index is 12.5. The van der Waals surface area contributed by atoms with Gasteiger partial charge in [-0.3, -0.25) is 10.1 Å². The van der Waals surface area contributed by atoms with Crippen LogP contribution in [-0.2, 0) is 0 Å². The van der Waals surface area contributed by atoms with Gasteiger partial charge in [-0.15, -0.1) is 11.3 Å². The number of benzene rings is 2. The molecule has 0 spiro atoms. The molecule has 1 aliphatic heterocycles. The van der Waals surface area contributed by atoms with Gasteiger partial charge in [0, 0.05) is 34.6 Å². The van der Waals surface area contributed by atoms with Crippen molar-refractivity contribution in [3.8, 4) is 28.4 Å². The predicted molar refractivity (Wildman–Crippen MR) is 105 cm³/mol. The predicted octanol–water partition coefficient (Wildman–Crippen LogP) is 3.98. The van der Waals surface area contributed by atoms with E-state index in [0.717, 1.165) is 22.7 Å². The molecule has 1 aliphatic rings. The third kappa shape index (κ3) is 3.10. The number of amides is 1. The molecule has 0 unspecified atom stereocenters. The average molecular weight is 390 g/mol. The van der Waals surface area contributed by atoms with Gasteiger partial charge in [0.05, 0.1) is 12.0 Å². The van der Waals surface area contributed by atoms with Crippen LogP contribution in [0.2, 0.25) is 0 Å².